The Morgan fingerprint density at radius 2 is 2.36 bits per heavy atom. The molecule has 0 aliphatic carbocycles. The fraction of sp³-hybridized carbons (Fsp3) is 0.625. The molecule has 11 heavy (non-hydrogen) atoms. The van der Waals surface area contributed by atoms with Crippen LogP contribution in [0.5, 0.6) is 0 Å². The molecule has 0 bridgehead atoms. The van der Waals surface area contributed by atoms with Gasteiger partial charge in [-0.1, -0.05) is 0 Å². The summed E-state index contributed by atoms with van der Waals surface area (Å²) in [4.78, 5) is 4.08. The summed E-state index contributed by atoms with van der Waals surface area (Å²) in [7, 11) is 0. The van der Waals surface area contributed by atoms with Crippen molar-refractivity contribution < 1.29 is 4.74 Å². The minimum absolute atomic E-state index is 0.275. The maximum absolute atomic E-state index is 5.39. The molecule has 62 valence electrons. The van der Waals surface area contributed by atoms with Crippen LogP contribution >= 0.6 is 0 Å². The van der Waals surface area contributed by atoms with Gasteiger partial charge in [0, 0.05) is 12.4 Å². The van der Waals surface area contributed by atoms with Crippen molar-refractivity contribution in [1.82, 2.24) is 9.55 Å². The van der Waals surface area contributed by atoms with Crippen molar-refractivity contribution in [2.75, 3.05) is 0 Å². The molecule has 3 heteroatoms. The quantitative estimate of drug-likeness (QED) is 0.660. The minimum atomic E-state index is 0.275. The summed E-state index contributed by atoms with van der Waals surface area (Å²) in [5.74, 6) is 0.991. The molecule has 0 radical (unpaired) electrons. The molecule has 0 aromatic carbocycles. The molecule has 0 amide bonds. The van der Waals surface area contributed by atoms with Gasteiger partial charge < -0.3 is 9.30 Å². The van der Waals surface area contributed by atoms with Crippen LogP contribution in [0.2, 0.25) is 0 Å². The van der Waals surface area contributed by atoms with Crippen molar-refractivity contribution >= 4 is 0 Å². The molecular weight excluding hydrogens is 140 g/mol. The molecule has 1 heterocycles. The standard InChI is InChI=1S/C8H14N2O/c1-7(2)11-6-10-5-4-9-8(10)3/h4-5,7H,6H2,1-3H3. The Hall–Kier alpha value is -0.830. The molecule has 0 saturated carbocycles. The van der Waals surface area contributed by atoms with E-state index in [1.54, 1.807) is 6.20 Å². The Morgan fingerprint density at radius 3 is 2.82 bits per heavy atom. The van der Waals surface area contributed by atoms with Crippen LogP contribution in [0.15, 0.2) is 12.4 Å². The van der Waals surface area contributed by atoms with Gasteiger partial charge in [-0.2, -0.15) is 0 Å². The topological polar surface area (TPSA) is 27.1 Å². The lowest BCUT2D eigenvalue weighted by molar-refractivity contribution is 0.0276. The first-order valence-electron chi connectivity index (χ1n) is 3.79. The van der Waals surface area contributed by atoms with E-state index < -0.39 is 0 Å². The molecule has 0 saturated heterocycles. The summed E-state index contributed by atoms with van der Waals surface area (Å²) in [6.45, 7) is 6.60. The third kappa shape index (κ3) is 2.35. The van der Waals surface area contributed by atoms with Crippen LogP contribution < -0.4 is 0 Å². The normalized spacial score (nSPS) is 10.9. The van der Waals surface area contributed by atoms with Crippen molar-refractivity contribution in [2.24, 2.45) is 0 Å². The zero-order valence-corrected chi connectivity index (χ0v) is 7.24. The maximum atomic E-state index is 5.39. The van der Waals surface area contributed by atoms with Gasteiger partial charge >= 0.3 is 0 Å². The molecular formula is C8H14N2O. The Kier molecular flexibility index (Phi) is 2.65. The van der Waals surface area contributed by atoms with Crippen LogP contribution in [-0.2, 0) is 11.5 Å². The van der Waals surface area contributed by atoms with Crippen molar-refractivity contribution in [1.29, 1.82) is 0 Å². The smallest absolute Gasteiger partial charge is 0.124 e. The molecule has 0 N–H and O–H groups in total. The van der Waals surface area contributed by atoms with Crippen molar-refractivity contribution in [2.45, 2.75) is 33.6 Å². The van der Waals surface area contributed by atoms with E-state index in [-0.39, 0.29) is 6.10 Å². The van der Waals surface area contributed by atoms with Gasteiger partial charge in [0.25, 0.3) is 0 Å². The third-order valence-electron chi connectivity index (χ3n) is 1.47. The lowest BCUT2D eigenvalue weighted by Gasteiger charge is -2.08. The zero-order chi connectivity index (χ0) is 8.27. The average Bonchev–Trinajstić information content (AvgIpc) is 2.31. The van der Waals surface area contributed by atoms with Gasteiger partial charge in [-0.3, -0.25) is 0 Å². The zero-order valence-electron chi connectivity index (χ0n) is 7.24. The Labute approximate surface area is 67.0 Å². The predicted octanol–water partition coefficient (Wildman–Crippen LogP) is 1.57. The van der Waals surface area contributed by atoms with Crippen LogP contribution in [-0.4, -0.2) is 15.7 Å². The Bertz CT molecular complexity index is 218. The molecule has 0 fully saturated rings. The van der Waals surface area contributed by atoms with Crippen molar-refractivity contribution in [3.05, 3.63) is 18.2 Å². The van der Waals surface area contributed by atoms with E-state index >= 15 is 0 Å². The summed E-state index contributed by atoms with van der Waals surface area (Å²) in [6, 6.07) is 0. The summed E-state index contributed by atoms with van der Waals surface area (Å²) in [5.41, 5.74) is 0. The van der Waals surface area contributed by atoms with E-state index in [9.17, 15) is 0 Å². The van der Waals surface area contributed by atoms with E-state index in [0.29, 0.717) is 6.73 Å². The molecule has 0 aliphatic rings. The summed E-state index contributed by atoms with van der Waals surface area (Å²) in [6.07, 6.45) is 3.97. The van der Waals surface area contributed by atoms with E-state index in [2.05, 4.69) is 4.98 Å². The van der Waals surface area contributed by atoms with E-state index in [1.807, 2.05) is 31.5 Å². The highest BCUT2D eigenvalue weighted by molar-refractivity contribution is 4.87. The fourth-order valence-electron chi connectivity index (χ4n) is 0.770. The number of rotatable bonds is 3. The minimum Gasteiger partial charge on any atom is -0.358 e. The number of hydrogen-bond acceptors (Lipinski definition) is 2. The first kappa shape index (κ1) is 8.27. The van der Waals surface area contributed by atoms with Gasteiger partial charge in [-0.15, -0.1) is 0 Å². The fourth-order valence-corrected chi connectivity index (χ4v) is 0.770. The monoisotopic (exact) mass is 154 g/mol. The second kappa shape index (κ2) is 3.53. The lowest BCUT2D eigenvalue weighted by atomic mass is 10.5. The SMILES string of the molecule is Cc1nccn1COC(C)C. The highest BCUT2D eigenvalue weighted by Crippen LogP contribution is 1.97. The van der Waals surface area contributed by atoms with Crippen LogP contribution in [0.1, 0.15) is 19.7 Å². The number of imidazole rings is 1. The summed E-state index contributed by atoms with van der Waals surface area (Å²) >= 11 is 0. The van der Waals surface area contributed by atoms with Crippen molar-refractivity contribution in [3.8, 4) is 0 Å². The molecule has 1 rings (SSSR count). The highest BCUT2D eigenvalue weighted by atomic mass is 16.5. The molecule has 1 aromatic rings. The van der Waals surface area contributed by atoms with Crippen LogP contribution in [0.25, 0.3) is 0 Å². The average molecular weight is 154 g/mol. The molecule has 0 spiro atoms. The van der Waals surface area contributed by atoms with E-state index in [1.165, 1.54) is 0 Å². The first-order valence-corrected chi connectivity index (χ1v) is 3.79. The first-order chi connectivity index (χ1) is 5.20. The van der Waals surface area contributed by atoms with E-state index in [0.717, 1.165) is 5.82 Å². The molecule has 3 nitrogen and oxygen atoms in total. The highest BCUT2D eigenvalue weighted by Gasteiger charge is 1.96. The van der Waals surface area contributed by atoms with Crippen LogP contribution in [0.3, 0.4) is 0 Å². The second-order valence-electron chi connectivity index (χ2n) is 2.79. The van der Waals surface area contributed by atoms with E-state index in [4.69, 9.17) is 4.74 Å². The lowest BCUT2D eigenvalue weighted by Crippen LogP contribution is -2.08. The number of nitrogens with zero attached hydrogens (tertiary/aromatic N) is 2. The Balaban J connectivity index is 2.44. The predicted molar refractivity (Wildman–Crippen MR) is 43.2 cm³/mol. The number of aryl methyl sites for hydroxylation is 1. The molecule has 0 atom stereocenters. The third-order valence-corrected chi connectivity index (χ3v) is 1.47. The van der Waals surface area contributed by atoms with Gasteiger partial charge in [-0.25, -0.2) is 4.98 Å². The summed E-state index contributed by atoms with van der Waals surface area (Å²) in [5, 5.41) is 0. The van der Waals surface area contributed by atoms with Gasteiger partial charge in [0.2, 0.25) is 0 Å². The number of ether oxygens (including phenoxy) is 1. The van der Waals surface area contributed by atoms with Gasteiger partial charge in [0.1, 0.15) is 12.6 Å². The second-order valence-corrected chi connectivity index (χ2v) is 2.79. The van der Waals surface area contributed by atoms with Gasteiger partial charge in [-0.05, 0) is 20.8 Å². The van der Waals surface area contributed by atoms with Gasteiger partial charge in [0.05, 0.1) is 6.10 Å². The number of hydrogen-bond donors (Lipinski definition) is 0. The van der Waals surface area contributed by atoms with Crippen molar-refractivity contribution in [3.63, 3.8) is 0 Å². The maximum Gasteiger partial charge on any atom is 0.124 e. The summed E-state index contributed by atoms with van der Waals surface area (Å²) < 4.78 is 7.36. The van der Waals surface area contributed by atoms with Crippen LogP contribution in [0, 0.1) is 6.92 Å². The van der Waals surface area contributed by atoms with Gasteiger partial charge in [0.15, 0.2) is 0 Å². The molecule has 0 unspecified atom stereocenters. The largest absolute Gasteiger partial charge is 0.358 e. The number of aromatic nitrogens is 2. The van der Waals surface area contributed by atoms with Crippen LogP contribution in [0.4, 0.5) is 0 Å². The Morgan fingerprint density at radius 1 is 1.64 bits per heavy atom. The molecule has 0 aliphatic heterocycles. The molecule has 1 aromatic heterocycles.